The van der Waals surface area contributed by atoms with E-state index in [1.807, 2.05) is 17.8 Å². The first-order chi connectivity index (χ1) is 5.83. The van der Waals surface area contributed by atoms with Gasteiger partial charge in [-0.15, -0.1) is 0 Å². The summed E-state index contributed by atoms with van der Waals surface area (Å²) in [5.41, 5.74) is 0. The molecule has 0 aromatic carbocycles. The van der Waals surface area contributed by atoms with Gasteiger partial charge in [0, 0.05) is 19.4 Å². The minimum atomic E-state index is 1.15. The SMILES string of the molecule is CCCC1CC1.Cn1ccnc1. The molecule has 0 amide bonds. The maximum atomic E-state index is 3.78. The van der Waals surface area contributed by atoms with Crippen LogP contribution < -0.4 is 0 Å². The highest BCUT2D eigenvalue weighted by Crippen LogP contribution is 2.32. The predicted octanol–water partition coefficient (Wildman–Crippen LogP) is 2.62. The second kappa shape index (κ2) is 4.96. The molecule has 0 bridgehead atoms. The molecule has 1 aromatic heterocycles. The monoisotopic (exact) mass is 166 g/mol. The van der Waals surface area contributed by atoms with Gasteiger partial charge >= 0.3 is 0 Å². The van der Waals surface area contributed by atoms with Gasteiger partial charge in [0.2, 0.25) is 0 Å². The number of aromatic nitrogens is 2. The lowest BCUT2D eigenvalue weighted by Crippen LogP contribution is -1.76. The number of aryl methyl sites for hydroxylation is 1. The molecule has 1 aliphatic rings. The predicted molar refractivity (Wildman–Crippen MR) is 50.8 cm³/mol. The van der Waals surface area contributed by atoms with E-state index in [0.717, 1.165) is 5.92 Å². The molecule has 2 nitrogen and oxygen atoms in total. The van der Waals surface area contributed by atoms with Crippen LogP contribution in [0, 0.1) is 5.92 Å². The van der Waals surface area contributed by atoms with Gasteiger partial charge in [-0.2, -0.15) is 0 Å². The number of rotatable bonds is 2. The second-order valence-corrected chi connectivity index (χ2v) is 3.46. The first-order valence-electron chi connectivity index (χ1n) is 4.75. The van der Waals surface area contributed by atoms with E-state index in [2.05, 4.69) is 11.9 Å². The average Bonchev–Trinajstić information content (AvgIpc) is 2.74. The highest BCUT2D eigenvalue weighted by atomic mass is 15.0. The van der Waals surface area contributed by atoms with E-state index in [9.17, 15) is 0 Å². The molecule has 1 aliphatic carbocycles. The van der Waals surface area contributed by atoms with Crippen molar-refractivity contribution in [2.24, 2.45) is 13.0 Å². The van der Waals surface area contributed by atoms with Crippen molar-refractivity contribution in [1.29, 1.82) is 0 Å². The maximum Gasteiger partial charge on any atom is 0.0943 e. The standard InChI is InChI=1S/C6H12.C4H6N2/c1-2-3-6-4-5-6;1-6-3-2-5-4-6/h6H,2-5H2,1H3;2-4H,1H3. The zero-order valence-corrected chi connectivity index (χ0v) is 8.03. The van der Waals surface area contributed by atoms with E-state index in [1.165, 1.54) is 25.7 Å². The molecule has 1 aromatic rings. The summed E-state index contributed by atoms with van der Waals surface area (Å²) in [7, 11) is 1.94. The summed E-state index contributed by atoms with van der Waals surface area (Å²) in [5, 5.41) is 0. The summed E-state index contributed by atoms with van der Waals surface area (Å²) in [4.78, 5) is 3.78. The topological polar surface area (TPSA) is 17.8 Å². The Labute approximate surface area is 74.6 Å². The molecule has 0 atom stereocenters. The molecule has 0 saturated heterocycles. The summed E-state index contributed by atoms with van der Waals surface area (Å²) in [6.07, 6.45) is 11.3. The summed E-state index contributed by atoms with van der Waals surface area (Å²) in [5.74, 6) is 1.15. The molecule has 0 aliphatic heterocycles. The fraction of sp³-hybridized carbons (Fsp3) is 0.700. The van der Waals surface area contributed by atoms with Crippen LogP contribution in [0.15, 0.2) is 18.7 Å². The van der Waals surface area contributed by atoms with Crippen LogP contribution in [0.4, 0.5) is 0 Å². The highest BCUT2D eigenvalue weighted by Gasteiger charge is 2.18. The van der Waals surface area contributed by atoms with E-state index < -0.39 is 0 Å². The van der Waals surface area contributed by atoms with Crippen LogP contribution in [0.5, 0.6) is 0 Å². The lowest BCUT2D eigenvalue weighted by atomic mass is 10.2. The van der Waals surface area contributed by atoms with Crippen molar-refractivity contribution in [2.45, 2.75) is 32.6 Å². The Morgan fingerprint density at radius 2 is 2.25 bits per heavy atom. The Morgan fingerprint density at radius 1 is 1.50 bits per heavy atom. The van der Waals surface area contributed by atoms with Crippen molar-refractivity contribution >= 4 is 0 Å². The fourth-order valence-electron chi connectivity index (χ4n) is 1.14. The van der Waals surface area contributed by atoms with E-state index in [0.29, 0.717) is 0 Å². The fourth-order valence-corrected chi connectivity index (χ4v) is 1.14. The van der Waals surface area contributed by atoms with Crippen molar-refractivity contribution < 1.29 is 0 Å². The van der Waals surface area contributed by atoms with Crippen molar-refractivity contribution in [3.63, 3.8) is 0 Å². The molecule has 2 heteroatoms. The van der Waals surface area contributed by atoms with Gasteiger partial charge in [-0.1, -0.05) is 32.6 Å². The Balaban J connectivity index is 0.000000120. The molecule has 0 unspecified atom stereocenters. The summed E-state index contributed by atoms with van der Waals surface area (Å²) in [6.45, 7) is 2.26. The molecule has 2 rings (SSSR count). The number of hydrogen-bond donors (Lipinski definition) is 0. The van der Waals surface area contributed by atoms with Gasteiger partial charge in [-0.25, -0.2) is 4.98 Å². The van der Waals surface area contributed by atoms with Gasteiger partial charge in [0.25, 0.3) is 0 Å². The summed E-state index contributed by atoms with van der Waals surface area (Å²) >= 11 is 0. The van der Waals surface area contributed by atoms with E-state index >= 15 is 0 Å². The van der Waals surface area contributed by atoms with Crippen molar-refractivity contribution in [1.82, 2.24) is 9.55 Å². The smallest absolute Gasteiger partial charge is 0.0943 e. The molecule has 68 valence electrons. The number of nitrogens with zero attached hydrogens (tertiary/aromatic N) is 2. The summed E-state index contributed by atoms with van der Waals surface area (Å²) in [6, 6.07) is 0. The normalized spacial score (nSPS) is 15.2. The van der Waals surface area contributed by atoms with Crippen molar-refractivity contribution in [3.05, 3.63) is 18.7 Å². The third kappa shape index (κ3) is 4.16. The van der Waals surface area contributed by atoms with Gasteiger partial charge in [-0.3, -0.25) is 0 Å². The van der Waals surface area contributed by atoms with Gasteiger partial charge < -0.3 is 4.57 Å². The first kappa shape index (κ1) is 9.30. The van der Waals surface area contributed by atoms with Crippen LogP contribution in [0.2, 0.25) is 0 Å². The van der Waals surface area contributed by atoms with Crippen LogP contribution in [-0.4, -0.2) is 9.55 Å². The van der Waals surface area contributed by atoms with Gasteiger partial charge in [0.1, 0.15) is 0 Å². The Hall–Kier alpha value is -0.790. The Morgan fingerprint density at radius 3 is 2.42 bits per heavy atom. The third-order valence-electron chi connectivity index (χ3n) is 2.03. The first-order valence-corrected chi connectivity index (χ1v) is 4.75. The molecule has 1 fully saturated rings. The quantitative estimate of drug-likeness (QED) is 0.660. The highest BCUT2D eigenvalue weighted by molar-refractivity contribution is 4.71. The van der Waals surface area contributed by atoms with Crippen molar-refractivity contribution in [3.8, 4) is 0 Å². The lowest BCUT2D eigenvalue weighted by Gasteiger charge is -1.82. The van der Waals surface area contributed by atoms with Gasteiger partial charge in [0.05, 0.1) is 6.33 Å². The minimum absolute atomic E-state index is 1.15. The van der Waals surface area contributed by atoms with Crippen molar-refractivity contribution in [2.75, 3.05) is 0 Å². The largest absolute Gasteiger partial charge is 0.341 e. The summed E-state index contributed by atoms with van der Waals surface area (Å²) < 4.78 is 1.89. The molecular formula is C10H18N2. The maximum absolute atomic E-state index is 3.78. The zero-order chi connectivity index (χ0) is 8.81. The Bertz CT molecular complexity index is 188. The van der Waals surface area contributed by atoms with E-state index in [1.54, 1.807) is 12.5 Å². The third-order valence-corrected chi connectivity index (χ3v) is 2.03. The molecule has 0 spiro atoms. The second-order valence-electron chi connectivity index (χ2n) is 3.46. The molecule has 0 radical (unpaired) electrons. The molecule has 12 heavy (non-hydrogen) atoms. The molecule has 0 N–H and O–H groups in total. The van der Waals surface area contributed by atoms with Crippen LogP contribution >= 0.6 is 0 Å². The average molecular weight is 166 g/mol. The molecular weight excluding hydrogens is 148 g/mol. The lowest BCUT2D eigenvalue weighted by molar-refractivity contribution is 0.708. The molecule has 1 heterocycles. The van der Waals surface area contributed by atoms with Crippen LogP contribution in [0.25, 0.3) is 0 Å². The zero-order valence-electron chi connectivity index (χ0n) is 8.03. The van der Waals surface area contributed by atoms with E-state index in [4.69, 9.17) is 0 Å². The van der Waals surface area contributed by atoms with E-state index in [-0.39, 0.29) is 0 Å². The van der Waals surface area contributed by atoms with Gasteiger partial charge in [0.15, 0.2) is 0 Å². The molecule has 1 saturated carbocycles. The van der Waals surface area contributed by atoms with Crippen LogP contribution in [-0.2, 0) is 7.05 Å². The van der Waals surface area contributed by atoms with Gasteiger partial charge in [-0.05, 0) is 5.92 Å². The van der Waals surface area contributed by atoms with Crippen LogP contribution in [0.3, 0.4) is 0 Å². The number of hydrogen-bond acceptors (Lipinski definition) is 1. The van der Waals surface area contributed by atoms with Crippen LogP contribution in [0.1, 0.15) is 32.6 Å². The Kier molecular flexibility index (Phi) is 3.85. The minimum Gasteiger partial charge on any atom is -0.341 e. The number of imidazole rings is 1.